The maximum atomic E-state index is 12.7. The molecule has 2 aromatic carbocycles. The van der Waals surface area contributed by atoms with Crippen LogP contribution in [0.1, 0.15) is 35.6 Å². The Balaban J connectivity index is 1.65. The molecule has 3 rings (SSSR count). The fraction of sp³-hybridized carbons (Fsp3) is 0.316. The van der Waals surface area contributed by atoms with Crippen molar-refractivity contribution in [3.8, 4) is 5.75 Å². The van der Waals surface area contributed by atoms with Gasteiger partial charge in [-0.3, -0.25) is 4.79 Å². The summed E-state index contributed by atoms with van der Waals surface area (Å²) in [6, 6.07) is 9.71. The third-order valence-electron chi connectivity index (χ3n) is 4.27. The topological polar surface area (TPSA) is 58.6 Å². The molecule has 0 aromatic heterocycles. The first-order chi connectivity index (χ1) is 12.3. The average Bonchev–Trinajstić information content (AvgIpc) is 2.60. The summed E-state index contributed by atoms with van der Waals surface area (Å²) in [6.45, 7) is -0.331. The van der Waals surface area contributed by atoms with Gasteiger partial charge < -0.3 is 15.2 Å². The van der Waals surface area contributed by atoms with Gasteiger partial charge in [-0.2, -0.15) is 13.2 Å². The van der Waals surface area contributed by atoms with Crippen molar-refractivity contribution in [2.24, 2.45) is 0 Å². The van der Waals surface area contributed by atoms with Gasteiger partial charge in [-0.1, -0.05) is 18.2 Å². The van der Waals surface area contributed by atoms with Crippen LogP contribution in [0.2, 0.25) is 0 Å². The van der Waals surface area contributed by atoms with Crippen molar-refractivity contribution in [2.75, 3.05) is 11.9 Å². The van der Waals surface area contributed by atoms with Gasteiger partial charge in [0.25, 0.3) is 5.91 Å². The van der Waals surface area contributed by atoms with E-state index in [1.165, 1.54) is 12.1 Å². The van der Waals surface area contributed by atoms with Gasteiger partial charge in [0.2, 0.25) is 0 Å². The lowest BCUT2D eigenvalue weighted by atomic mass is 9.89. The van der Waals surface area contributed by atoms with Crippen LogP contribution in [0.4, 0.5) is 18.9 Å². The zero-order valence-corrected chi connectivity index (χ0v) is 13.8. The third kappa shape index (κ3) is 4.16. The first-order valence-electron chi connectivity index (χ1n) is 8.24. The molecule has 0 heterocycles. The van der Waals surface area contributed by atoms with Crippen LogP contribution in [0, 0.1) is 0 Å². The van der Waals surface area contributed by atoms with E-state index in [0.717, 1.165) is 36.1 Å². The number of rotatable bonds is 4. The highest BCUT2D eigenvalue weighted by Crippen LogP contribution is 2.35. The molecule has 0 saturated heterocycles. The minimum atomic E-state index is -4.47. The Labute approximate surface area is 148 Å². The summed E-state index contributed by atoms with van der Waals surface area (Å²) in [5.41, 5.74) is 0.895. The highest BCUT2D eigenvalue weighted by Gasteiger charge is 2.30. The van der Waals surface area contributed by atoms with E-state index in [9.17, 15) is 23.1 Å². The molecule has 0 fully saturated rings. The molecule has 1 amide bonds. The van der Waals surface area contributed by atoms with Crippen LogP contribution in [0.3, 0.4) is 0 Å². The predicted molar refractivity (Wildman–Crippen MR) is 89.9 cm³/mol. The number of carbonyl (C=O) groups excluding carboxylic acids is 1. The Morgan fingerprint density at radius 3 is 2.77 bits per heavy atom. The van der Waals surface area contributed by atoms with Crippen LogP contribution < -0.4 is 10.1 Å². The monoisotopic (exact) mass is 365 g/mol. The molecule has 0 aliphatic heterocycles. The molecule has 1 aliphatic rings. The summed E-state index contributed by atoms with van der Waals surface area (Å²) < 4.78 is 43.7. The van der Waals surface area contributed by atoms with Gasteiger partial charge in [-0.15, -0.1) is 0 Å². The summed E-state index contributed by atoms with van der Waals surface area (Å²) in [4.78, 5) is 12.0. The van der Waals surface area contributed by atoms with Gasteiger partial charge in [0, 0.05) is 5.69 Å². The average molecular weight is 365 g/mol. The second kappa shape index (κ2) is 7.37. The number of ether oxygens (including phenoxy) is 1. The molecule has 138 valence electrons. The highest BCUT2D eigenvalue weighted by molar-refractivity contribution is 5.92. The van der Waals surface area contributed by atoms with Crippen molar-refractivity contribution < 1.29 is 27.8 Å². The van der Waals surface area contributed by atoms with Crippen molar-refractivity contribution in [3.05, 3.63) is 59.2 Å². The molecule has 0 spiro atoms. The lowest BCUT2D eigenvalue weighted by Gasteiger charge is -2.23. The molecule has 2 N–H and O–H groups in total. The van der Waals surface area contributed by atoms with Gasteiger partial charge in [-0.05, 0) is 54.7 Å². The quantitative estimate of drug-likeness (QED) is 0.858. The zero-order valence-electron chi connectivity index (χ0n) is 13.8. The predicted octanol–water partition coefficient (Wildman–Crippen LogP) is 4.09. The van der Waals surface area contributed by atoms with Crippen molar-refractivity contribution in [2.45, 2.75) is 31.5 Å². The Morgan fingerprint density at radius 1 is 1.23 bits per heavy atom. The number of hydrogen-bond donors (Lipinski definition) is 2. The number of aliphatic hydroxyl groups excluding tert-OH is 1. The number of halogens is 3. The Bertz CT molecular complexity index is 805. The van der Waals surface area contributed by atoms with E-state index in [2.05, 4.69) is 5.32 Å². The molecule has 0 radical (unpaired) electrons. The normalized spacial score (nSPS) is 16.7. The van der Waals surface area contributed by atoms with Gasteiger partial charge in [0.05, 0.1) is 11.7 Å². The Morgan fingerprint density at radius 2 is 2.00 bits per heavy atom. The molecule has 1 atom stereocenters. The Hall–Kier alpha value is -2.54. The standard InChI is InChI=1S/C19H18F3NO3/c20-19(21,22)12-4-1-5-13(10-12)23-18(25)11-26-17-9-3-6-14-15(17)7-2-8-16(14)24/h1,3-6,9-10,16,24H,2,7-8,11H2,(H,23,25)/t16-/m0/s1. The van der Waals surface area contributed by atoms with Crippen LogP contribution >= 0.6 is 0 Å². The number of hydrogen-bond acceptors (Lipinski definition) is 3. The number of benzene rings is 2. The maximum Gasteiger partial charge on any atom is 0.416 e. The lowest BCUT2D eigenvalue weighted by molar-refractivity contribution is -0.137. The fourth-order valence-electron chi connectivity index (χ4n) is 3.04. The van der Waals surface area contributed by atoms with Gasteiger partial charge >= 0.3 is 6.18 Å². The molecular weight excluding hydrogens is 347 g/mol. The van der Waals surface area contributed by atoms with Crippen LogP contribution in [-0.4, -0.2) is 17.6 Å². The van der Waals surface area contributed by atoms with Crippen molar-refractivity contribution in [3.63, 3.8) is 0 Å². The summed E-state index contributed by atoms with van der Waals surface area (Å²) in [6.07, 6.45) is -2.75. The minimum absolute atomic E-state index is 0.0546. The van der Waals surface area contributed by atoms with E-state index < -0.39 is 23.8 Å². The summed E-state index contributed by atoms with van der Waals surface area (Å²) in [7, 11) is 0. The summed E-state index contributed by atoms with van der Waals surface area (Å²) in [5.74, 6) is -0.0428. The number of alkyl halides is 3. The van der Waals surface area contributed by atoms with E-state index in [-0.39, 0.29) is 12.3 Å². The lowest BCUT2D eigenvalue weighted by Crippen LogP contribution is -2.21. The number of aliphatic hydroxyl groups is 1. The smallest absolute Gasteiger partial charge is 0.416 e. The van der Waals surface area contributed by atoms with Gasteiger partial charge in [0.15, 0.2) is 6.61 Å². The van der Waals surface area contributed by atoms with E-state index >= 15 is 0 Å². The van der Waals surface area contributed by atoms with Crippen molar-refractivity contribution >= 4 is 11.6 Å². The number of carbonyl (C=O) groups is 1. The van der Waals surface area contributed by atoms with Gasteiger partial charge in [0.1, 0.15) is 5.75 Å². The molecule has 0 saturated carbocycles. The highest BCUT2D eigenvalue weighted by atomic mass is 19.4. The molecule has 0 unspecified atom stereocenters. The van der Waals surface area contributed by atoms with E-state index in [4.69, 9.17) is 4.74 Å². The SMILES string of the molecule is O=C(COc1cccc2c1CCC[C@@H]2O)Nc1cccc(C(F)(F)F)c1. The number of nitrogens with one attached hydrogen (secondary N) is 1. The molecular formula is C19H18F3NO3. The summed E-state index contributed by atoms with van der Waals surface area (Å²) >= 11 is 0. The van der Waals surface area contributed by atoms with Gasteiger partial charge in [-0.25, -0.2) is 0 Å². The molecule has 4 nitrogen and oxygen atoms in total. The van der Waals surface area contributed by atoms with Crippen LogP contribution in [0.15, 0.2) is 42.5 Å². The molecule has 7 heteroatoms. The van der Waals surface area contributed by atoms with Crippen molar-refractivity contribution in [1.29, 1.82) is 0 Å². The number of amides is 1. The maximum absolute atomic E-state index is 12.7. The second-order valence-electron chi connectivity index (χ2n) is 6.15. The Kier molecular flexibility index (Phi) is 5.18. The van der Waals surface area contributed by atoms with Crippen molar-refractivity contribution in [1.82, 2.24) is 0 Å². The number of fused-ring (bicyclic) bond motifs is 1. The number of anilines is 1. The molecule has 2 aromatic rings. The molecule has 26 heavy (non-hydrogen) atoms. The zero-order chi connectivity index (χ0) is 18.7. The van der Waals surface area contributed by atoms with E-state index in [0.29, 0.717) is 12.2 Å². The van der Waals surface area contributed by atoms with Crippen LogP contribution in [0.5, 0.6) is 5.75 Å². The van der Waals surface area contributed by atoms with Crippen LogP contribution in [0.25, 0.3) is 0 Å². The summed E-state index contributed by atoms with van der Waals surface area (Å²) in [5, 5.41) is 12.4. The molecule has 0 bridgehead atoms. The van der Waals surface area contributed by atoms with Crippen LogP contribution in [-0.2, 0) is 17.4 Å². The molecule has 1 aliphatic carbocycles. The second-order valence-corrected chi connectivity index (χ2v) is 6.15. The third-order valence-corrected chi connectivity index (χ3v) is 4.27. The van der Waals surface area contributed by atoms with E-state index in [1.807, 2.05) is 6.07 Å². The fourth-order valence-corrected chi connectivity index (χ4v) is 3.04. The first-order valence-corrected chi connectivity index (χ1v) is 8.24. The largest absolute Gasteiger partial charge is 0.483 e. The minimum Gasteiger partial charge on any atom is -0.483 e. The van der Waals surface area contributed by atoms with E-state index in [1.54, 1.807) is 12.1 Å². The first kappa shape index (κ1) is 18.3.